The van der Waals surface area contributed by atoms with Crippen LogP contribution in [0.5, 0.6) is 0 Å². The van der Waals surface area contributed by atoms with E-state index in [9.17, 15) is 0 Å². The Morgan fingerprint density at radius 1 is 1.27 bits per heavy atom. The highest BCUT2D eigenvalue weighted by molar-refractivity contribution is 7.99. The van der Waals surface area contributed by atoms with Crippen LogP contribution in [0.1, 0.15) is 20.8 Å². The SMILES string of the molecule is CCSc1ccc(NC(C)(C)CN)cc1. The number of benzene rings is 1. The topological polar surface area (TPSA) is 38.0 Å². The van der Waals surface area contributed by atoms with Crippen LogP contribution < -0.4 is 11.1 Å². The van der Waals surface area contributed by atoms with Crippen molar-refractivity contribution in [3.05, 3.63) is 24.3 Å². The predicted molar refractivity (Wildman–Crippen MR) is 69.6 cm³/mol. The van der Waals surface area contributed by atoms with Gasteiger partial charge in [0.2, 0.25) is 0 Å². The van der Waals surface area contributed by atoms with Gasteiger partial charge in [0.25, 0.3) is 0 Å². The second-order valence-electron chi connectivity index (χ2n) is 4.17. The molecule has 0 radical (unpaired) electrons. The van der Waals surface area contributed by atoms with E-state index in [-0.39, 0.29) is 5.54 Å². The van der Waals surface area contributed by atoms with E-state index in [4.69, 9.17) is 5.73 Å². The van der Waals surface area contributed by atoms with Gasteiger partial charge in [0.15, 0.2) is 0 Å². The van der Waals surface area contributed by atoms with Crippen LogP contribution in [0.4, 0.5) is 5.69 Å². The molecule has 0 amide bonds. The van der Waals surface area contributed by atoms with Gasteiger partial charge in [0, 0.05) is 22.7 Å². The maximum Gasteiger partial charge on any atom is 0.0439 e. The number of hydrogen-bond acceptors (Lipinski definition) is 3. The molecule has 3 N–H and O–H groups in total. The van der Waals surface area contributed by atoms with Crippen LogP contribution in [0, 0.1) is 0 Å². The second kappa shape index (κ2) is 5.42. The standard InChI is InChI=1S/C12H20N2S/c1-4-15-11-7-5-10(6-8-11)14-12(2,3)9-13/h5-8,14H,4,9,13H2,1-3H3. The Balaban J connectivity index is 2.64. The molecular weight excluding hydrogens is 204 g/mol. The van der Waals surface area contributed by atoms with Gasteiger partial charge in [-0.25, -0.2) is 0 Å². The molecule has 15 heavy (non-hydrogen) atoms. The Hall–Kier alpha value is -0.670. The Kier molecular flexibility index (Phi) is 4.48. The fourth-order valence-electron chi connectivity index (χ4n) is 1.24. The third-order valence-corrected chi connectivity index (χ3v) is 3.05. The molecule has 0 aliphatic carbocycles. The maximum atomic E-state index is 5.67. The molecular formula is C12H20N2S. The van der Waals surface area contributed by atoms with Gasteiger partial charge in [-0.15, -0.1) is 11.8 Å². The lowest BCUT2D eigenvalue weighted by Gasteiger charge is -2.25. The highest BCUT2D eigenvalue weighted by Crippen LogP contribution is 2.21. The monoisotopic (exact) mass is 224 g/mol. The zero-order chi connectivity index (χ0) is 11.3. The first-order valence-electron chi connectivity index (χ1n) is 5.28. The quantitative estimate of drug-likeness (QED) is 0.755. The lowest BCUT2D eigenvalue weighted by atomic mass is 10.1. The van der Waals surface area contributed by atoms with Crippen LogP contribution in [-0.4, -0.2) is 17.8 Å². The molecule has 0 unspecified atom stereocenters. The first-order chi connectivity index (χ1) is 7.07. The van der Waals surface area contributed by atoms with Gasteiger partial charge >= 0.3 is 0 Å². The molecule has 0 heterocycles. The fraction of sp³-hybridized carbons (Fsp3) is 0.500. The van der Waals surface area contributed by atoms with Gasteiger partial charge in [-0.1, -0.05) is 6.92 Å². The van der Waals surface area contributed by atoms with Crippen molar-refractivity contribution < 1.29 is 0 Å². The molecule has 1 rings (SSSR count). The Bertz CT molecular complexity index is 293. The van der Waals surface area contributed by atoms with E-state index in [0.717, 1.165) is 11.4 Å². The summed E-state index contributed by atoms with van der Waals surface area (Å²) in [4.78, 5) is 1.31. The molecule has 3 heteroatoms. The maximum absolute atomic E-state index is 5.67. The average molecular weight is 224 g/mol. The summed E-state index contributed by atoms with van der Waals surface area (Å²) in [7, 11) is 0. The lowest BCUT2D eigenvalue weighted by Crippen LogP contribution is -2.39. The lowest BCUT2D eigenvalue weighted by molar-refractivity contribution is 0.580. The summed E-state index contributed by atoms with van der Waals surface area (Å²) in [5.74, 6) is 1.11. The van der Waals surface area contributed by atoms with E-state index in [1.165, 1.54) is 4.90 Å². The number of thioether (sulfide) groups is 1. The van der Waals surface area contributed by atoms with Crippen LogP contribution in [0.25, 0.3) is 0 Å². The van der Waals surface area contributed by atoms with E-state index >= 15 is 0 Å². The zero-order valence-corrected chi connectivity index (χ0v) is 10.5. The molecule has 84 valence electrons. The van der Waals surface area contributed by atoms with E-state index in [0.29, 0.717) is 6.54 Å². The molecule has 1 aromatic carbocycles. The van der Waals surface area contributed by atoms with Gasteiger partial charge in [-0.2, -0.15) is 0 Å². The molecule has 0 atom stereocenters. The van der Waals surface area contributed by atoms with Crippen LogP contribution in [-0.2, 0) is 0 Å². The first-order valence-corrected chi connectivity index (χ1v) is 6.27. The summed E-state index contributed by atoms with van der Waals surface area (Å²) in [5, 5.41) is 3.40. The minimum Gasteiger partial charge on any atom is -0.379 e. The molecule has 0 bridgehead atoms. The van der Waals surface area contributed by atoms with Crippen molar-refractivity contribution in [2.45, 2.75) is 31.2 Å². The van der Waals surface area contributed by atoms with Gasteiger partial charge < -0.3 is 11.1 Å². The molecule has 0 aliphatic heterocycles. The number of anilines is 1. The number of hydrogen-bond donors (Lipinski definition) is 2. The summed E-state index contributed by atoms with van der Waals surface area (Å²) in [5.41, 5.74) is 6.75. The molecule has 1 aromatic rings. The fourth-order valence-corrected chi connectivity index (χ4v) is 1.90. The van der Waals surface area contributed by atoms with Crippen LogP contribution in [0.2, 0.25) is 0 Å². The van der Waals surface area contributed by atoms with Crippen molar-refractivity contribution in [3.8, 4) is 0 Å². The third kappa shape index (κ3) is 4.14. The van der Waals surface area contributed by atoms with Gasteiger partial charge in [-0.05, 0) is 43.9 Å². The molecule has 0 fully saturated rings. The average Bonchev–Trinajstić information content (AvgIpc) is 2.21. The molecule has 0 saturated carbocycles. The Morgan fingerprint density at radius 2 is 1.87 bits per heavy atom. The van der Waals surface area contributed by atoms with Gasteiger partial charge in [0.05, 0.1) is 0 Å². The second-order valence-corrected chi connectivity index (χ2v) is 5.51. The summed E-state index contributed by atoms with van der Waals surface area (Å²) < 4.78 is 0. The first kappa shape index (κ1) is 12.4. The van der Waals surface area contributed by atoms with Crippen molar-refractivity contribution in [2.24, 2.45) is 5.73 Å². The van der Waals surface area contributed by atoms with E-state index < -0.39 is 0 Å². The number of rotatable bonds is 5. The molecule has 0 aromatic heterocycles. The van der Waals surface area contributed by atoms with Crippen molar-refractivity contribution in [1.82, 2.24) is 0 Å². The minimum atomic E-state index is -0.0422. The molecule has 2 nitrogen and oxygen atoms in total. The smallest absolute Gasteiger partial charge is 0.0439 e. The van der Waals surface area contributed by atoms with Gasteiger partial charge in [-0.3, -0.25) is 0 Å². The van der Waals surface area contributed by atoms with Crippen molar-refractivity contribution in [3.63, 3.8) is 0 Å². The predicted octanol–water partition coefficient (Wildman–Crippen LogP) is 2.95. The number of nitrogens with one attached hydrogen (secondary N) is 1. The van der Waals surface area contributed by atoms with Crippen molar-refractivity contribution >= 4 is 17.4 Å². The largest absolute Gasteiger partial charge is 0.379 e. The number of nitrogens with two attached hydrogens (primary N) is 1. The molecule has 0 saturated heterocycles. The summed E-state index contributed by atoms with van der Waals surface area (Å²) >= 11 is 1.86. The van der Waals surface area contributed by atoms with E-state index in [1.54, 1.807) is 0 Å². The zero-order valence-electron chi connectivity index (χ0n) is 9.71. The minimum absolute atomic E-state index is 0.0422. The summed E-state index contributed by atoms with van der Waals surface area (Å²) in [6.07, 6.45) is 0. The summed E-state index contributed by atoms with van der Waals surface area (Å²) in [6.45, 7) is 6.98. The van der Waals surface area contributed by atoms with Crippen LogP contribution in [0.3, 0.4) is 0 Å². The van der Waals surface area contributed by atoms with Crippen molar-refractivity contribution in [2.75, 3.05) is 17.6 Å². The van der Waals surface area contributed by atoms with Gasteiger partial charge in [0.1, 0.15) is 0 Å². The molecule has 0 spiro atoms. The molecule has 0 aliphatic rings. The Labute approximate surface area is 96.6 Å². The normalized spacial score (nSPS) is 11.5. The highest BCUT2D eigenvalue weighted by atomic mass is 32.2. The Morgan fingerprint density at radius 3 is 2.33 bits per heavy atom. The third-order valence-electron chi connectivity index (χ3n) is 2.16. The van der Waals surface area contributed by atoms with Crippen molar-refractivity contribution in [1.29, 1.82) is 0 Å². The van der Waals surface area contributed by atoms with Crippen LogP contribution >= 0.6 is 11.8 Å². The van der Waals surface area contributed by atoms with E-state index in [1.807, 2.05) is 11.8 Å². The highest BCUT2D eigenvalue weighted by Gasteiger charge is 2.14. The van der Waals surface area contributed by atoms with E-state index in [2.05, 4.69) is 50.4 Å². The van der Waals surface area contributed by atoms with Crippen LogP contribution in [0.15, 0.2) is 29.2 Å². The summed E-state index contributed by atoms with van der Waals surface area (Å²) in [6, 6.07) is 8.50.